The monoisotopic (exact) mass is 416 g/mol. The zero-order chi connectivity index (χ0) is 17.6. The summed E-state index contributed by atoms with van der Waals surface area (Å²) in [7, 11) is 0. The molecule has 1 N–H and O–H groups in total. The fourth-order valence-corrected chi connectivity index (χ4v) is 3.35. The Bertz CT molecular complexity index is 849. The smallest absolute Gasteiger partial charge is 0.234 e. The van der Waals surface area contributed by atoms with Gasteiger partial charge in [-0.15, -0.1) is 10.2 Å². The van der Waals surface area contributed by atoms with E-state index in [0.29, 0.717) is 5.16 Å². The van der Waals surface area contributed by atoms with Gasteiger partial charge in [0.05, 0.1) is 5.75 Å². The van der Waals surface area contributed by atoms with Crippen molar-refractivity contribution in [2.24, 2.45) is 0 Å². The Morgan fingerprint density at radius 3 is 2.52 bits per heavy atom. The SMILES string of the molecule is CCc1nnc(SCC(=O)Nc2ccc(Br)cc2)n1-c1ccccc1. The van der Waals surface area contributed by atoms with Crippen LogP contribution >= 0.6 is 27.7 Å². The predicted octanol–water partition coefficient (Wildman–Crippen LogP) is 4.32. The van der Waals surface area contributed by atoms with Gasteiger partial charge in [0.1, 0.15) is 5.82 Å². The summed E-state index contributed by atoms with van der Waals surface area (Å²) in [4.78, 5) is 12.2. The van der Waals surface area contributed by atoms with Crippen molar-refractivity contribution in [3.05, 3.63) is 64.9 Å². The molecule has 1 amide bonds. The average molecular weight is 417 g/mol. The number of thioether (sulfide) groups is 1. The van der Waals surface area contributed by atoms with Gasteiger partial charge in [0.25, 0.3) is 0 Å². The number of nitrogens with zero attached hydrogens (tertiary/aromatic N) is 3. The third kappa shape index (κ3) is 4.49. The number of halogens is 1. The zero-order valence-corrected chi connectivity index (χ0v) is 16.0. The van der Waals surface area contributed by atoms with Gasteiger partial charge < -0.3 is 5.32 Å². The number of hydrogen-bond donors (Lipinski definition) is 1. The number of para-hydroxylation sites is 1. The van der Waals surface area contributed by atoms with Gasteiger partial charge in [-0.05, 0) is 36.4 Å². The molecule has 0 radical (unpaired) electrons. The first-order valence-corrected chi connectivity index (χ1v) is 9.63. The number of carbonyl (C=O) groups excluding carboxylic acids is 1. The third-order valence-corrected chi connectivity index (χ3v) is 4.95. The van der Waals surface area contributed by atoms with Crippen LogP contribution in [0, 0.1) is 0 Å². The van der Waals surface area contributed by atoms with Crippen molar-refractivity contribution < 1.29 is 4.79 Å². The number of aromatic nitrogens is 3. The fourth-order valence-electron chi connectivity index (χ4n) is 2.32. The Morgan fingerprint density at radius 2 is 1.84 bits per heavy atom. The molecule has 5 nitrogen and oxygen atoms in total. The summed E-state index contributed by atoms with van der Waals surface area (Å²) in [5, 5.41) is 12.1. The second-order valence-electron chi connectivity index (χ2n) is 5.27. The molecule has 1 heterocycles. The van der Waals surface area contributed by atoms with Crippen LogP contribution in [0.4, 0.5) is 5.69 Å². The molecule has 0 fully saturated rings. The number of anilines is 1. The van der Waals surface area contributed by atoms with Gasteiger partial charge in [-0.2, -0.15) is 0 Å². The summed E-state index contributed by atoms with van der Waals surface area (Å²) in [5.41, 5.74) is 1.77. The van der Waals surface area contributed by atoms with Crippen LogP contribution in [0.2, 0.25) is 0 Å². The standard InChI is InChI=1S/C18H17BrN4OS/c1-2-16-21-22-18(23(16)15-6-4-3-5-7-15)25-12-17(24)20-14-10-8-13(19)9-11-14/h3-11H,2,12H2,1H3,(H,20,24). The highest BCUT2D eigenvalue weighted by molar-refractivity contribution is 9.10. The molecule has 1 aromatic heterocycles. The Kier molecular flexibility index (Phi) is 5.88. The van der Waals surface area contributed by atoms with Crippen molar-refractivity contribution in [3.8, 4) is 5.69 Å². The maximum Gasteiger partial charge on any atom is 0.234 e. The maximum absolute atomic E-state index is 12.2. The van der Waals surface area contributed by atoms with E-state index in [0.717, 1.165) is 28.1 Å². The van der Waals surface area contributed by atoms with Gasteiger partial charge >= 0.3 is 0 Å². The molecular formula is C18H17BrN4OS. The molecule has 0 spiro atoms. The summed E-state index contributed by atoms with van der Waals surface area (Å²) < 4.78 is 2.97. The summed E-state index contributed by atoms with van der Waals surface area (Å²) in [6.07, 6.45) is 0.771. The molecule has 25 heavy (non-hydrogen) atoms. The molecule has 0 saturated carbocycles. The number of hydrogen-bond acceptors (Lipinski definition) is 4. The topological polar surface area (TPSA) is 59.8 Å². The molecule has 3 aromatic rings. The molecule has 2 aromatic carbocycles. The molecule has 0 atom stereocenters. The second kappa shape index (κ2) is 8.31. The molecule has 0 unspecified atom stereocenters. The van der Waals surface area contributed by atoms with E-state index >= 15 is 0 Å². The highest BCUT2D eigenvalue weighted by atomic mass is 79.9. The summed E-state index contributed by atoms with van der Waals surface area (Å²) in [6.45, 7) is 2.04. The van der Waals surface area contributed by atoms with Gasteiger partial charge in [0.15, 0.2) is 5.16 Å². The quantitative estimate of drug-likeness (QED) is 0.607. The normalized spacial score (nSPS) is 10.6. The van der Waals surface area contributed by atoms with E-state index in [1.807, 2.05) is 66.1 Å². The van der Waals surface area contributed by atoms with E-state index in [-0.39, 0.29) is 11.7 Å². The molecule has 3 rings (SSSR count). The first kappa shape index (κ1) is 17.7. The Balaban J connectivity index is 1.70. The van der Waals surface area contributed by atoms with Crippen molar-refractivity contribution in [1.29, 1.82) is 0 Å². The molecule has 0 aliphatic heterocycles. The van der Waals surface area contributed by atoms with Crippen LogP contribution in [-0.2, 0) is 11.2 Å². The maximum atomic E-state index is 12.2. The minimum atomic E-state index is -0.0759. The van der Waals surface area contributed by atoms with E-state index in [4.69, 9.17) is 0 Å². The number of aryl methyl sites for hydroxylation is 1. The molecule has 128 valence electrons. The lowest BCUT2D eigenvalue weighted by molar-refractivity contribution is -0.113. The van der Waals surface area contributed by atoms with Gasteiger partial charge in [-0.25, -0.2) is 0 Å². The first-order chi connectivity index (χ1) is 12.2. The minimum Gasteiger partial charge on any atom is -0.325 e. The van der Waals surface area contributed by atoms with Crippen LogP contribution in [0.5, 0.6) is 0 Å². The summed E-state index contributed by atoms with van der Waals surface area (Å²) >= 11 is 4.75. The van der Waals surface area contributed by atoms with Crippen molar-refractivity contribution >= 4 is 39.3 Å². The first-order valence-electron chi connectivity index (χ1n) is 7.85. The van der Waals surface area contributed by atoms with E-state index in [1.165, 1.54) is 11.8 Å². The highest BCUT2D eigenvalue weighted by Gasteiger charge is 2.14. The minimum absolute atomic E-state index is 0.0759. The molecular weight excluding hydrogens is 400 g/mol. The van der Waals surface area contributed by atoms with Gasteiger partial charge in [-0.1, -0.05) is 52.8 Å². The Hall–Kier alpha value is -2.12. The lowest BCUT2D eigenvalue weighted by Gasteiger charge is -2.09. The summed E-state index contributed by atoms with van der Waals surface area (Å²) in [6, 6.07) is 17.4. The number of nitrogens with one attached hydrogen (secondary N) is 1. The van der Waals surface area contributed by atoms with Gasteiger partial charge in [0, 0.05) is 22.3 Å². The molecule has 0 bridgehead atoms. The third-order valence-electron chi connectivity index (χ3n) is 3.49. The van der Waals surface area contributed by atoms with Crippen LogP contribution in [-0.4, -0.2) is 26.4 Å². The lowest BCUT2D eigenvalue weighted by atomic mass is 10.3. The molecule has 0 saturated heterocycles. The van der Waals surface area contributed by atoms with Gasteiger partial charge in [-0.3, -0.25) is 9.36 Å². The largest absolute Gasteiger partial charge is 0.325 e. The van der Waals surface area contributed by atoms with Crippen LogP contribution in [0.15, 0.2) is 64.2 Å². The van der Waals surface area contributed by atoms with Gasteiger partial charge in [0.2, 0.25) is 5.91 Å². The summed E-state index contributed by atoms with van der Waals surface area (Å²) in [5.74, 6) is 1.07. The van der Waals surface area contributed by atoms with Crippen molar-refractivity contribution in [1.82, 2.24) is 14.8 Å². The van der Waals surface area contributed by atoms with Crippen molar-refractivity contribution in [2.75, 3.05) is 11.1 Å². The number of amides is 1. The molecule has 7 heteroatoms. The number of rotatable bonds is 6. The van der Waals surface area contributed by atoms with E-state index in [9.17, 15) is 4.79 Å². The van der Waals surface area contributed by atoms with Crippen molar-refractivity contribution in [2.45, 2.75) is 18.5 Å². The van der Waals surface area contributed by atoms with Crippen LogP contribution < -0.4 is 5.32 Å². The van der Waals surface area contributed by atoms with Crippen LogP contribution in [0.1, 0.15) is 12.7 Å². The number of carbonyl (C=O) groups is 1. The fraction of sp³-hybridized carbons (Fsp3) is 0.167. The molecule has 0 aliphatic carbocycles. The van der Waals surface area contributed by atoms with E-state index in [2.05, 4.69) is 31.4 Å². The lowest BCUT2D eigenvalue weighted by Crippen LogP contribution is -2.14. The van der Waals surface area contributed by atoms with E-state index < -0.39 is 0 Å². The van der Waals surface area contributed by atoms with Crippen molar-refractivity contribution in [3.63, 3.8) is 0 Å². The zero-order valence-electron chi connectivity index (χ0n) is 13.6. The molecule has 0 aliphatic rings. The predicted molar refractivity (Wildman–Crippen MR) is 104 cm³/mol. The van der Waals surface area contributed by atoms with Crippen LogP contribution in [0.25, 0.3) is 5.69 Å². The highest BCUT2D eigenvalue weighted by Crippen LogP contribution is 2.22. The second-order valence-corrected chi connectivity index (χ2v) is 7.13. The van der Waals surface area contributed by atoms with Crippen LogP contribution in [0.3, 0.4) is 0 Å². The Morgan fingerprint density at radius 1 is 1.12 bits per heavy atom. The van der Waals surface area contributed by atoms with E-state index in [1.54, 1.807) is 0 Å². The Labute approximate surface area is 159 Å². The number of benzene rings is 2. The average Bonchev–Trinajstić information content (AvgIpc) is 3.05.